The number of carbonyl (C=O) groups is 2. The summed E-state index contributed by atoms with van der Waals surface area (Å²) in [5, 5.41) is 19.7. The van der Waals surface area contributed by atoms with Crippen LogP contribution in [0.25, 0.3) is 10.9 Å². The van der Waals surface area contributed by atoms with Crippen molar-refractivity contribution in [3.8, 4) is 5.75 Å². The van der Waals surface area contributed by atoms with Gasteiger partial charge < -0.3 is 10.2 Å². The zero-order valence-corrected chi connectivity index (χ0v) is 16.6. The Labute approximate surface area is 170 Å². The number of carboxylic acid groups (broad SMARTS) is 1. The number of aromatic nitrogens is 1. The van der Waals surface area contributed by atoms with Crippen LogP contribution in [-0.4, -0.2) is 26.7 Å². The summed E-state index contributed by atoms with van der Waals surface area (Å²) in [6.45, 7) is 4.47. The van der Waals surface area contributed by atoms with Crippen molar-refractivity contribution >= 4 is 34.4 Å². The van der Waals surface area contributed by atoms with Gasteiger partial charge in [0.05, 0.1) is 10.9 Å². The van der Waals surface area contributed by atoms with Crippen LogP contribution in [0.15, 0.2) is 30.3 Å². The number of carboxylic acids is 1. The molecule has 0 saturated carbocycles. The van der Waals surface area contributed by atoms with Gasteiger partial charge in [0.15, 0.2) is 17.4 Å². The molecule has 2 N–H and O–H groups in total. The predicted octanol–water partition coefficient (Wildman–Crippen LogP) is 5.03. The van der Waals surface area contributed by atoms with Crippen molar-refractivity contribution in [1.29, 1.82) is 0 Å². The number of carbonyl (C=O) groups excluding carboxylic acids is 1. The standard InChI is InChI=1S/C21H18ClF2NO4/c1-4-21(3,20(28)29)16-10(2)25(19(27)11-5-7-12(22)8-6-11)14-9-13(23)18(26)17(24)15(14)16/h5-9,26H,4H2,1-3H3,(H,28,29)/t21-/m1/s1. The average Bonchev–Trinajstić information content (AvgIpc) is 2.97. The third kappa shape index (κ3) is 3.06. The highest BCUT2D eigenvalue weighted by Gasteiger charge is 2.40. The summed E-state index contributed by atoms with van der Waals surface area (Å²) in [7, 11) is 0. The van der Waals surface area contributed by atoms with E-state index in [1.807, 2.05) is 0 Å². The minimum absolute atomic E-state index is 0.0117. The van der Waals surface area contributed by atoms with Crippen LogP contribution in [0.3, 0.4) is 0 Å². The van der Waals surface area contributed by atoms with E-state index in [4.69, 9.17) is 11.6 Å². The lowest BCUT2D eigenvalue weighted by Crippen LogP contribution is -2.32. The Morgan fingerprint density at radius 2 is 1.79 bits per heavy atom. The van der Waals surface area contributed by atoms with E-state index in [9.17, 15) is 28.6 Å². The fourth-order valence-corrected chi connectivity index (χ4v) is 3.70. The molecule has 5 nitrogen and oxygen atoms in total. The van der Waals surface area contributed by atoms with Crippen molar-refractivity contribution in [2.45, 2.75) is 32.6 Å². The monoisotopic (exact) mass is 421 g/mol. The Bertz CT molecular complexity index is 1150. The number of halogens is 3. The zero-order chi connectivity index (χ0) is 21.7. The van der Waals surface area contributed by atoms with Crippen LogP contribution in [0.2, 0.25) is 5.02 Å². The van der Waals surface area contributed by atoms with Crippen molar-refractivity contribution in [3.63, 3.8) is 0 Å². The second-order valence-corrected chi connectivity index (χ2v) is 7.45. The molecule has 0 aliphatic rings. The van der Waals surface area contributed by atoms with Crippen LogP contribution in [0.4, 0.5) is 8.78 Å². The molecular formula is C21H18ClF2NO4. The van der Waals surface area contributed by atoms with Crippen LogP contribution in [0.1, 0.15) is 41.9 Å². The summed E-state index contributed by atoms with van der Waals surface area (Å²) in [6, 6.07) is 6.74. The van der Waals surface area contributed by atoms with Gasteiger partial charge in [0.1, 0.15) is 0 Å². The van der Waals surface area contributed by atoms with E-state index in [2.05, 4.69) is 0 Å². The van der Waals surface area contributed by atoms with Crippen LogP contribution in [0.5, 0.6) is 5.75 Å². The molecule has 152 valence electrons. The van der Waals surface area contributed by atoms with Crippen LogP contribution < -0.4 is 0 Å². The van der Waals surface area contributed by atoms with Crippen molar-refractivity contribution in [3.05, 3.63) is 63.8 Å². The molecule has 0 aliphatic carbocycles. The number of hydrogen-bond donors (Lipinski definition) is 2. The first kappa shape index (κ1) is 20.8. The first-order chi connectivity index (χ1) is 13.5. The molecule has 0 spiro atoms. The minimum atomic E-state index is -1.57. The SMILES string of the molecule is CC[C@@](C)(C(=O)O)c1c(C)n(C(=O)c2ccc(Cl)cc2)c2cc(F)c(O)c(F)c12. The van der Waals surface area contributed by atoms with Gasteiger partial charge in [-0.1, -0.05) is 18.5 Å². The molecule has 0 fully saturated rings. The van der Waals surface area contributed by atoms with E-state index in [0.717, 1.165) is 10.6 Å². The topological polar surface area (TPSA) is 79.5 Å². The summed E-state index contributed by atoms with van der Waals surface area (Å²) in [5.74, 6) is -5.62. The van der Waals surface area contributed by atoms with Crippen LogP contribution in [0, 0.1) is 18.6 Å². The molecule has 0 unspecified atom stereocenters. The number of phenols is 1. The molecule has 8 heteroatoms. The zero-order valence-electron chi connectivity index (χ0n) is 15.9. The maximum atomic E-state index is 14.9. The summed E-state index contributed by atoms with van der Waals surface area (Å²) in [5.41, 5.74) is -1.37. The molecule has 0 radical (unpaired) electrons. The maximum Gasteiger partial charge on any atom is 0.313 e. The Morgan fingerprint density at radius 3 is 2.31 bits per heavy atom. The Kier molecular flexibility index (Phi) is 5.13. The molecule has 29 heavy (non-hydrogen) atoms. The van der Waals surface area contributed by atoms with Gasteiger partial charge >= 0.3 is 5.97 Å². The highest BCUT2D eigenvalue weighted by molar-refractivity contribution is 6.30. The number of hydrogen-bond acceptors (Lipinski definition) is 3. The highest BCUT2D eigenvalue weighted by Crippen LogP contribution is 2.42. The van der Waals surface area contributed by atoms with E-state index in [1.54, 1.807) is 6.92 Å². The van der Waals surface area contributed by atoms with E-state index < -0.39 is 34.7 Å². The lowest BCUT2D eigenvalue weighted by Gasteiger charge is -2.24. The molecule has 0 amide bonds. The number of aliphatic carboxylic acids is 1. The van der Waals surface area contributed by atoms with E-state index >= 15 is 0 Å². The normalized spacial score (nSPS) is 13.4. The molecule has 1 heterocycles. The summed E-state index contributed by atoms with van der Waals surface area (Å²) < 4.78 is 30.1. The average molecular weight is 422 g/mol. The van der Waals surface area contributed by atoms with Gasteiger partial charge in [-0.3, -0.25) is 14.2 Å². The van der Waals surface area contributed by atoms with Crippen molar-refractivity contribution in [2.75, 3.05) is 0 Å². The quantitative estimate of drug-likeness (QED) is 0.619. The Hall–Kier alpha value is -2.93. The number of benzene rings is 2. The molecule has 0 aliphatic heterocycles. The van der Waals surface area contributed by atoms with Crippen LogP contribution >= 0.6 is 11.6 Å². The summed E-state index contributed by atoms with van der Waals surface area (Å²) >= 11 is 5.85. The summed E-state index contributed by atoms with van der Waals surface area (Å²) in [6.07, 6.45) is 0.0784. The molecule has 1 aromatic heterocycles. The van der Waals surface area contributed by atoms with E-state index in [-0.39, 0.29) is 34.1 Å². The molecule has 0 saturated heterocycles. The lowest BCUT2D eigenvalue weighted by atomic mass is 9.78. The minimum Gasteiger partial charge on any atom is -0.503 e. The fourth-order valence-electron chi connectivity index (χ4n) is 3.58. The van der Waals surface area contributed by atoms with Gasteiger partial charge in [-0.15, -0.1) is 0 Å². The van der Waals surface area contributed by atoms with Crippen LogP contribution in [-0.2, 0) is 10.2 Å². The molecule has 0 bridgehead atoms. The molecule has 3 aromatic rings. The molecular weight excluding hydrogens is 404 g/mol. The van der Waals surface area contributed by atoms with Gasteiger partial charge in [0.2, 0.25) is 0 Å². The first-order valence-electron chi connectivity index (χ1n) is 8.80. The lowest BCUT2D eigenvalue weighted by molar-refractivity contribution is -0.143. The Balaban J connectivity index is 2.46. The van der Waals surface area contributed by atoms with E-state index in [1.165, 1.54) is 38.1 Å². The van der Waals surface area contributed by atoms with Crippen molar-refractivity contribution < 1.29 is 28.6 Å². The predicted molar refractivity (Wildman–Crippen MR) is 105 cm³/mol. The Morgan fingerprint density at radius 1 is 1.21 bits per heavy atom. The number of phenolic OH excluding ortho intramolecular Hbond substituents is 1. The van der Waals surface area contributed by atoms with Crippen molar-refractivity contribution in [2.24, 2.45) is 0 Å². The van der Waals surface area contributed by atoms with Gasteiger partial charge in [-0.2, -0.15) is 0 Å². The smallest absolute Gasteiger partial charge is 0.313 e. The third-order valence-corrected chi connectivity index (χ3v) is 5.64. The number of fused-ring (bicyclic) bond motifs is 1. The second-order valence-electron chi connectivity index (χ2n) is 7.01. The first-order valence-corrected chi connectivity index (χ1v) is 9.18. The van der Waals surface area contributed by atoms with Gasteiger partial charge in [-0.05, 0) is 44.5 Å². The molecule has 2 aromatic carbocycles. The van der Waals surface area contributed by atoms with Gasteiger partial charge in [-0.25, -0.2) is 8.78 Å². The molecule has 1 atom stereocenters. The number of rotatable bonds is 4. The summed E-state index contributed by atoms with van der Waals surface area (Å²) in [4.78, 5) is 25.2. The molecule has 3 rings (SSSR count). The van der Waals surface area contributed by atoms with Gasteiger partial charge in [0, 0.05) is 33.3 Å². The number of nitrogens with zero attached hydrogens (tertiary/aromatic N) is 1. The number of aromatic hydroxyl groups is 1. The van der Waals surface area contributed by atoms with Crippen molar-refractivity contribution in [1.82, 2.24) is 4.57 Å². The maximum absolute atomic E-state index is 14.9. The fraction of sp³-hybridized carbons (Fsp3) is 0.238. The highest BCUT2D eigenvalue weighted by atomic mass is 35.5. The third-order valence-electron chi connectivity index (χ3n) is 5.39. The largest absolute Gasteiger partial charge is 0.503 e. The van der Waals surface area contributed by atoms with Gasteiger partial charge in [0.25, 0.3) is 5.91 Å². The van der Waals surface area contributed by atoms with E-state index in [0.29, 0.717) is 5.02 Å². The second kappa shape index (κ2) is 7.15.